The summed E-state index contributed by atoms with van der Waals surface area (Å²) in [6, 6.07) is 6.29. The maximum Gasteiger partial charge on any atom is 0.143 e. The summed E-state index contributed by atoms with van der Waals surface area (Å²) in [4.78, 5) is 0. The van der Waals surface area contributed by atoms with Crippen molar-refractivity contribution in [2.45, 2.75) is 65.3 Å². The molecule has 0 aliphatic carbocycles. The van der Waals surface area contributed by atoms with Crippen LogP contribution in [0, 0.1) is 12.8 Å². The van der Waals surface area contributed by atoms with Gasteiger partial charge in [0.15, 0.2) is 0 Å². The molecule has 5 heteroatoms. The highest BCUT2D eigenvalue weighted by atomic mass is 16.6. The molecule has 5 nitrogen and oxygen atoms in total. The van der Waals surface area contributed by atoms with E-state index in [0.717, 1.165) is 45.3 Å². The van der Waals surface area contributed by atoms with Gasteiger partial charge in [0.2, 0.25) is 0 Å². The normalized spacial score (nSPS) is 21.3. The molecule has 1 fully saturated rings. The first-order valence-electron chi connectivity index (χ1n) is 11.6. The van der Waals surface area contributed by atoms with Gasteiger partial charge in [0, 0.05) is 30.5 Å². The van der Waals surface area contributed by atoms with E-state index < -0.39 is 0 Å². The number of hydrogen-bond acceptors (Lipinski definition) is 4. The van der Waals surface area contributed by atoms with Crippen LogP contribution in [0.25, 0.3) is 21.8 Å². The Hall–Kier alpha value is -2.24. The van der Waals surface area contributed by atoms with E-state index in [1.165, 1.54) is 23.9 Å². The summed E-state index contributed by atoms with van der Waals surface area (Å²) >= 11 is 0. The lowest BCUT2D eigenvalue weighted by Crippen LogP contribution is -2.10. The highest BCUT2D eigenvalue weighted by Crippen LogP contribution is 2.57. The molecular weight excluding hydrogens is 402 g/mol. The molecule has 174 valence electrons. The van der Waals surface area contributed by atoms with Crippen molar-refractivity contribution in [3.8, 4) is 11.5 Å². The molecule has 1 aromatic heterocycles. The number of benzene rings is 2. The van der Waals surface area contributed by atoms with Gasteiger partial charge in [0.1, 0.15) is 17.6 Å². The summed E-state index contributed by atoms with van der Waals surface area (Å²) < 4.78 is 25.8. The third-order valence-electron chi connectivity index (χ3n) is 7.44. The summed E-state index contributed by atoms with van der Waals surface area (Å²) in [7, 11) is 7.33. The van der Waals surface area contributed by atoms with Crippen LogP contribution >= 0.6 is 0 Å². The molecule has 3 unspecified atom stereocenters. The molecule has 4 rings (SSSR count). The molecule has 0 saturated carbocycles. The van der Waals surface area contributed by atoms with Crippen molar-refractivity contribution in [1.82, 2.24) is 4.57 Å². The van der Waals surface area contributed by atoms with Crippen LogP contribution in [0.1, 0.15) is 62.8 Å². The molecule has 0 N–H and O–H groups in total. The Bertz CT molecular complexity index is 1150. The maximum atomic E-state index is 6.43. The first kappa shape index (κ1) is 22.9. The number of aromatic nitrogens is 1. The number of hydrogen-bond donors (Lipinski definition) is 0. The minimum absolute atomic E-state index is 0.0593. The first-order valence-corrected chi connectivity index (χ1v) is 11.6. The van der Waals surface area contributed by atoms with Gasteiger partial charge in [-0.3, -0.25) is 0 Å². The van der Waals surface area contributed by atoms with Crippen molar-refractivity contribution < 1.29 is 18.9 Å². The predicted molar refractivity (Wildman–Crippen MR) is 130 cm³/mol. The van der Waals surface area contributed by atoms with Gasteiger partial charge in [-0.05, 0) is 55.9 Å². The Morgan fingerprint density at radius 3 is 2.47 bits per heavy atom. The quantitative estimate of drug-likeness (QED) is 0.359. The average molecular weight is 440 g/mol. The van der Waals surface area contributed by atoms with Crippen LogP contribution in [-0.2, 0) is 23.1 Å². The second-order valence-corrected chi connectivity index (χ2v) is 9.52. The second kappa shape index (κ2) is 8.60. The zero-order valence-corrected chi connectivity index (χ0v) is 20.8. The average Bonchev–Trinajstić information content (AvgIpc) is 3.37. The lowest BCUT2D eigenvalue weighted by molar-refractivity contribution is 0.186. The molecule has 0 bridgehead atoms. The summed E-state index contributed by atoms with van der Waals surface area (Å²) in [6.07, 6.45) is 3.50. The van der Waals surface area contributed by atoms with E-state index in [1.807, 2.05) is 6.07 Å². The van der Waals surface area contributed by atoms with Gasteiger partial charge in [0.25, 0.3) is 0 Å². The first-order chi connectivity index (χ1) is 15.3. The fraction of sp³-hybridized carbons (Fsp3) is 0.556. The zero-order chi connectivity index (χ0) is 23.2. The van der Waals surface area contributed by atoms with Crippen molar-refractivity contribution in [1.29, 1.82) is 0 Å². The third-order valence-corrected chi connectivity index (χ3v) is 7.44. The van der Waals surface area contributed by atoms with E-state index in [-0.39, 0.29) is 11.7 Å². The Labute approximate surface area is 191 Å². The van der Waals surface area contributed by atoms with Crippen molar-refractivity contribution in [2.24, 2.45) is 13.0 Å². The minimum Gasteiger partial charge on any atom is -0.496 e. The van der Waals surface area contributed by atoms with E-state index in [4.69, 9.17) is 18.9 Å². The van der Waals surface area contributed by atoms with E-state index >= 15 is 0 Å². The van der Waals surface area contributed by atoms with Crippen LogP contribution in [0.3, 0.4) is 0 Å². The number of epoxide rings is 1. The molecule has 1 aliphatic heterocycles. The molecule has 3 atom stereocenters. The molecule has 1 aliphatic rings. The molecule has 32 heavy (non-hydrogen) atoms. The Balaban J connectivity index is 1.97. The summed E-state index contributed by atoms with van der Waals surface area (Å²) in [5.74, 6) is 2.46. The largest absolute Gasteiger partial charge is 0.496 e. The molecule has 0 radical (unpaired) electrons. The van der Waals surface area contributed by atoms with E-state index in [9.17, 15) is 0 Å². The zero-order valence-electron chi connectivity index (χ0n) is 20.8. The van der Waals surface area contributed by atoms with Crippen LogP contribution in [0.2, 0.25) is 0 Å². The van der Waals surface area contributed by atoms with Crippen molar-refractivity contribution in [3.05, 3.63) is 34.9 Å². The third kappa shape index (κ3) is 3.56. The number of nitrogens with zero attached hydrogens (tertiary/aromatic N) is 1. The standard InChI is InChI=1S/C27H37NO4/c1-9-16(2)12-13-27(4)26(32-27)22-17(3)21(31-8)14-19-23-18(15-29-6)10-11-20(30-7)25(23)28(5)24(19)22/h10-11,14,16,26H,9,12-13,15H2,1-8H3. The van der Waals surface area contributed by atoms with Crippen LogP contribution in [0.4, 0.5) is 0 Å². The number of ether oxygens (including phenoxy) is 4. The highest BCUT2D eigenvalue weighted by Gasteiger charge is 2.54. The number of rotatable bonds is 9. The summed E-state index contributed by atoms with van der Waals surface area (Å²) in [5.41, 5.74) is 5.65. The van der Waals surface area contributed by atoms with Gasteiger partial charge in [-0.15, -0.1) is 0 Å². The van der Waals surface area contributed by atoms with E-state index in [0.29, 0.717) is 12.5 Å². The molecule has 2 heterocycles. The Morgan fingerprint density at radius 2 is 1.84 bits per heavy atom. The molecule has 2 aromatic carbocycles. The number of fused-ring (bicyclic) bond motifs is 3. The van der Waals surface area contributed by atoms with Crippen LogP contribution in [-0.4, -0.2) is 31.5 Å². The van der Waals surface area contributed by atoms with Gasteiger partial charge >= 0.3 is 0 Å². The fourth-order valence-corrected chi connectivity index (χ4v) is 5.17. The smallest absolute Gasteiger partial charge is 0.143 e. The molecule has 3 aromatic rings. The van der Waals surface area contributed by atoms with Gasteiger partial charge in [-0.25, -0.2) is 0 Å². The topological polar surface area (TPSA) is 45.1 Å². The van der Waals surface area contributed by atoms with Crippen LogP contribution < -0.4 is 9.47 Å². The lowest BCUT2D eigenvalue weighted by Gasteiger charge is -2.15. The Kier molecular flexibility index (Phi) is 6.17. The number of methoxy groups -OCH3 is 3. The molecular formula is C27H37NO4. The van der Waals surface area contributed by atoms with Crippen molar-refractivity contribution in [3.63, 3.8) is 0 Å². The van der Waals surface area contributed by atoms with Crippen molar-refractivity contribution >= 4 is 21.8 Å². The Morgan fingerprint density at radius 1 is 1.12 bits per heavy atom. The maximum absolute atomic E-state index is 6.43. The molecule has 0 spiro atoms. The van der Waals surface area contributed by atoms with Gasteiger partial charge in [-0.2, -0.15) is 0 Å². The monoisotopic (exact) mass is 439 g/mol. The molecule has 1 saturated heterocycles. The SMILES string of the molecule is CCC(C)CCC1(C)OC1c1c(C)c(OC)cc2c3c(COC)ccc(OC)c3n(C)c12. The number of aryl methyl sites for hydroxylation is 1. The second-order valence-electron chi connectivity index (χ2n) is 9.52. The van der Waals surface area contributed by atoms with E-state index in [2.05, 4.69) is 51.4 Å². The fourth-order valence-electron chi connectivity index (χ4n) is 5.17. The summed E-state index contributed by atoms with van der Waals surface area (Å²) in [6.45, 7) is 9.52. The van der Waals surface area contributed by atoms with E-state index in [1.54, 1.807) is 21.3 Å². The predicted octanol–water partition coefficient (Wildman–Crippen LogP) is 6.46. The minimum atomic E-state index is -0.136. The summed E-state index contributed by atoms with van der Waals surface area (Å²) in [5, 5.41) is 2.32. The lowest BCUT2D eigenvalue weighted by atomic mass is 9.89. The van der Waals surface area contributed by atoms with Crippen molar-refractivity contribution in [2.75, 3.05) is 21.3 Å². The van der Waals surface area contributed by atoms with Crippen LogP contribution in [0.15, 0.2) is 18.2 Å². The van der Waals surface area contributed by atoms with Crippen LogP contribution in [0.5, 0.6) is 11.5 Å². The molecule has 0 amide bonds. The highest BCUT2D eigenvalue weighted by molar-refractivity contribution is 6.13. The van der Waals surface area contributed by atoms with Gasteiger partial charge in [-0.1, -0.05) is 26.3 Å². The van der Waals surface area contributed by atoms with Gasteiger partial charge < -0.3 is 23.5 Å². The van der Waals surface area contributed by atoms with Gasteiger partial charge in [0.05, 0.1) is 37.5 Å².